The fourth-order valence-corrected chi connectivity index (χ4v) is 3.70. The molecule has 20 heavy (non-hydrogen) atoms. The van der Waals surface area contributed by atoms with Crippen molar-refractivity contribution in [1.82, 2.24) is 9.97 Å². The van der Waals surface area contributed by atoms with Crippen molar-refractivity contribution in [1.29, 1.82) is 0 Å². The summed E-state index contributed by atoms with van der Waals surface area (Å²) in [7, 11) is 0. The lowest BCUT2D eigenvalue weighted by atomic mass is 9.86. The molecule has 0 unspecified atom stereocenters. The van der Waals surface area contributed by atoms with Crippen LogP contribution in [0, 0.1) is 5.41 Å². The van der Waals surface area contributed by atoms with Gasteiger partial charge in [0.25, 0.3) is 0 Å². The highest BCUT2D eigenvalue weighted by Crippen LogP contribution is 2.37. The number of nitrogens with zero attached hydrogens (tertiary/aromatic N) is 2. The SMILES string of the molecule is NCC1(CNc2ncnc3c2CCCCC3)CCCC1. The smallest absolute Gasteiger partial charge is 0.132 e. The summed E-state index contributed by atoms with van der Waals surface area (Å²) in [6.45, 7) is 1.75. The summed E-state index contributed by atoms with van der Waals surface area (Å²) < 4.78 is 0. The van der Waals surface area contributed by atoms with Crippen molar-refractivity contribution in [3.63, 3.8) is 0 Å². The molecular weight excluding hydrogens is 248 g/mol. The summed E-state index contributed by atoms with van der Waals surface area (Å²) in [5.74, 6) is 1.07. The Morgan fingerprint density at radius 1 is 1.05 bits per heavy atom. The Morgan fingerprint density at radius 3 is 2.65 bits per heavy atom. The Morgan fingerprint density at radius 2 is 1.85 bits per heavy atom. The number of rotatable bonds is 4. The monoisotopic (exact) mass is 274 g/mol. The second-order valence-electron chi connectivity index (χ2n) is 6.47. The van der Waals surface area contributed by atoms with Gasteiger partial charge in [0.1, 0.15) is 12.1 Å². The molecule has 1 aromatic rings. The first-order valence-corrected chi connectivity index (χ1v) is 8.10. The Labute approximate surface area is 121 Å². The van der Waals surface area contributed by atoms with Crippen LogP contribution < -0.4 is 11.1 Å². The van der Waals surface area contributed by atoms with E-state index >= 15 is 0 Å². The Kier molecular flexibility index (Phi) is 4.20. The van der Waals surface area contributed by atoms with Crippen molar-refractivity contribution in [2.75, 3.05) is 18.4 Å². The van der Waals surface area contributed by atoms with Crippen molar-refractivity contribution < 1.29 is 0 Å². The van der Waals surface area contributed by atoms with Gasteiger partial charge in [-0.05, 0) is 50.5 Å². The van der Waals surface area contributed by atoms with E-state index in [1.807, 2.05) is 0 Å². The quantitative estimate of drug-likeness (QED) is 0.829. The zero-order valence-electron chi connectivity index (χ0n) is 12.3. The van der Waals surface area contributed by atoms with Crippen LogP contribution in [0.25, 0.3) is 0 Å². The van der Waals surface area contributed by atoms with Crippen molar-refractivity contribution in [2.45, 2.75) is 57.8 Å². The van der Waals surface area contributed by atoms with Crippen LogP contribution in [0.1, 0.15) is 56.2 Å². The normalized spacial score (nSPS) is 21.2. The number of hydrogen-bond donors (Lipinski definition) is 2. The van der Waals surface area contributed by atoms with Gasteiger partial charge in [0.05, 0.1) is 0 Å². The number of hydrogen-bond acceptors (Lipinski definition) is 4. The third kappa shape index (κ3) is 2.80. The van der Waals surface area contributed by atoms with Crippen molar-refractivity contribution in [2.24, 2.45) is 11.1 Å². The maximum atomic E-state index is 6.02. The molecule has 4 heteroatoms. The number of anilines is 1. The van der Waals surface area contributed by atoms with Gasteiger partial charge in [0, 0.05) is 17.8 Å². The average Bonchev–Trinajstić information content (AvgIpc) is 2.82. The van der Waals surface area contributed by atoms with E-state index in [0.717, 1.165) is 31.7 Å². The summed E-state index contributed by atoms with van der Waals surface area (Å²) >= 11 is 0. The largest absolute Gasteiger partial charge is 0.369 e. The van der Waals surface area contributed by atoms with E-state index in [1.54, 1.807) is 6.33 Å². The Bertz CT molecular complexity index is 452. The summed E-state index contributed by atoms with van der Waals surface area (Å²) in [6.07, 6.45) is 12.9. The predicted octanol–water partition coefficient (Wildman–Crippen LogP) is 2.68. The number of aromatic nitrogens is 2. The molecule has 1 saturated carbocycles. The van der Waals surface area contributed by atoms with Gasteiger partial charge < -0.3 is 11.1 Å². The molecule has 0 spiro atoms. The maximum absolute atomic E-state index is 6.02. The van der Waals surface area contributed by atoms with Gasteiger partial charge in [-0.1, -0.05) is 19.3 Å². The fourth-order valence-electron chi connectivity index (χ4n) is 3.70. The molecule has 0 saturated heterocycles. The van der Waals surface area contributed by atoms with Crippen LogP contribution in [0.3, 0.4) is 0 Å². The zero-order chi connectivity index (χ0) is 13.8. The van der Waals surface area contributed by atoms with Crippen LogP contribution in [0.15, 0.2) is 6.33 Å². The second-order valence-corrected chi connectivity index (χ2v) is 6.47. The Balaban J connectivity index is 1.74. The molecule has 4 nitrogen and oxygen atoms in total. The minimum Gasteiger partial charge on any atom is -0.369 e. The van der Waals surface area contributed by atoms with Gasteiger partial charge in [-0.2, -0.15) is 0 Å². The van der Waals surface area contributed by atoms with E-state index in [9.17, 15) is 0 Å². The molecule has 3 N–H and O–H groups in total. The van der Waals surface area contributed by atoms with Gasteiger partial charge >= 0.3 is 0 Å². The average molecular weight is 274 g/mol. The highest BCUT2D eigenvalue weighted by atomic mass is 15.0. The molecule has 2 aliphatic carbocycles. The van der Waals surface area contributed by atoms with E-state index in [2.05, 4.69) is 15.3 Å². The lowest BCUT2D eigenvalue weighted by Crippen LogP contribution is -2.35. The van der Waals surface area contributed by atoms with E-state index in [-0.39, 0.29) is 0 Å². The van der Waals surface area contributed by atoms with E-state index in [4.69, 9.17) is 5.73 Å². The lowest BCUT2D eigenvalue weighted by molar-refractivity contribution is 0.331. The number of fused-ring (bicyclic) bond motifs is 1. The van der Waals surface area contributed by atoms with Crippen molar-refractivity contribution >= 4 is 5.82 Å². The molecule has 0 aliphatic heterocycles. The minimum absolute atomic E-state index is 0.294. The summed E-state index contributed by atoms with van der Waals surface area (Å²) in [5, 5.41) is 3.60. The first-order chi connectivity index (χ1) is 9.83. The second kappa shape index (κ2) is 6.08. The third-order valence-electron chi connectivity index (χ3n) is 5.10. The molecule has 0 aromatic carbocycles. The molecule has 110 valence electrons. The van der Waals surface area contributed by atoms with Crippen molar-refractivity contribution in [3.8, 4) is 0 Å². The topological polar surface area (TPSA) is 63.8 Å². The molecule has 0 radical (unpaired) electrons. The molecule has 0 bridgehead atoms. The predicted molar refractivity (Wildman–Crippen MR) is 81.7 cm³/mol. The molecule has 0 atom stereocenters. The molecule has 2 aliphatic rings. The van der Waals surface area contributed by atoms with E-state index in [1.165, 1.54) is 56.2 Å². The van der Waals surface area contributed by atoms with Crippen LogP contribution in [0.5, 0.6) is 0 Å². The standard InChI is InChI=1S/C16H26N4/c17-10-16(8-4-5-9-16)11-18-15-13-6-2-1-3-7-14(13)19-12-20-15/h12H,1-11,17H2,(H,18,19,20). The van der Waals surface area contributed by atoms with E-state index in [0.29, 0.717) is 5.41 Å². The van der Waals surface area contributed by atoms with Crippen molar-refractivity contribution in [3.05, 3.63) is 17.6 Å². The van der Waals surface area contributed by atoms with Gasteiger partial charge in [-0.25, -0.2) is 9.97 Å². The van der Waals surface area contributed by atoms with Crippen LogP contribution in [-0.4, -0.2) is 23.1 Å². The molecule has 1 fully saturated rings. The molecule has 1 heterocycles. The van der Waals surface area contributed by atoms with Crippen LogP contribution in [0.4, 0.5) is 5.82 Å². The van der Waals surface area contributed by atoms with Crippen LogP contribution >= 0.6 is 0 Å². The zero-order valence-corrected chi connectivity index (χ0v) is 12.3. The highest BCUT2D eigenvalue weighted by molar-refractivity contribution is 5.46. The van der Waals surface area contributed by atoms with Gasteiger partial charge in [-0.15, -0.1) is 0 Å². The first-order valence-electron chi connectivity index (χ1n) is 8.10. The first kappa shape index (κ1) is 13.8. The fraction of sp³-hybridized carbons (Fsp3) is 0.750. The summed E-state index contributed by atoms with van der Waals surface area (Å²) in [4.78, 5) is 8.98. The molecule has 3 rings (SSSR count). The number of nitrogens with two attached hydrogens (primary N) is 1. The Hall–Kier alpha value is -1.16. The number of nitrogens with one attached hydrogen (secondary N) is 1. The van der Waals surface area contributed by atoms with Crippen LogP contribution in [-0.2, 0) is 12.8 Å². The maximum Gasteiger partial charge on any atom is 0.132 e. The summed E-state index contributed by atoms with van der Waals surface area (Å²) in [6, 6.07) is 0. The molecule has 0 amide bonds. The van der Waals surface area contributed by atoms with Gasteiger partial charge in [-0.3, -0.25) is 0 Å². The summed E-state index contributed by atoms with van der Waals surface area (Å²) in [5.41, 5.74) is 8.93. The minimum atomic E-state index is 0.294. The van der Waals surface area contributed by atoms with Crippen LogP contribution in [0.2, 0.25) is 0 Å². The number of aryl methyl sites for hydroxylation is 1. The van der Waals surface area contributed by atoms with Gasteiger partial charge in [0.2, 0.25) is 0 Å². The highest BCUT2D eigenvalue weighted by Gasteiger charge is 2.32. The third-order valence-corrected chi connectivity index (χ3v) is 5.10. The van der Waals surface area contributed by atoms with Gasteiger partial charge in [0.15, 0.2) is 0 Å². The lowest BCUT2D eigenvalue weighted by Gasteiger charge is -2.28. The molecular formula is C16H26N4. The molecule has 1 aromatic heterocycles. The van der Waals surface area contributed by atoms with E-state index < -0.39 is 0 Å².